The quantitative estimate of drug-likeness (QED) is 0.906. The van der Waals surface area contributed by atoms with Gasteiger partial charge in [-0.1, -0.05) is 35.4 Å². The Morgan fingerprint density at radius 3 is 2.48 bits per heavy atom. The lowest BCUT2D eigenvalue weighted by Gasteiger charge is -2.13. The summed E-state index contributed by atoms with van der Waals surface area (Å²) in [6, 6.07) is 9.85. The Balaban J connectivity index is 2.43. The van der Waals surface area contributed by atoms with E-state index >= 15 is 0 Å². The smallest absolute Gasteiger partial charge is 0.263 e. The minimum absolute atomic E-state index is 0.0457. The van der Waals surface area contributed by atoms with Crippen LogP contribution in [-0.4, -0.2) is 13.5 Å². The molecular weight excluding hydrogens is 310 g/mol. The van der Waals surface area contributed by atoms with E-state index < -0.39 is 10.0 Å². The van der Waals surface area contributed by atoms with Gasteiger partial charge in [-0.15, -0.1) is 0 Å². The second kappa shape index (κ2) is 6.05. The molecule has 21 heavy (non-hydrogen) atoms. The molecule has 0 spiro atoms. The summed E-state index contributed by atoms with van der Waals surface area (Å²) in [6.45, 7) is 3.52. The van der Waals surface area contributed by atoms with E-state index in [9.17, 15) is 8.42 Å². The first kappa shape index (κ1) is 15.8. The SMILES string of the molecule is Cc1ccc(NS(=O)(=O)c2cc(CO)ccc2Cl)c(C)c1. The highest BCUT2D eigenvalue weighted by Crippen LogP contribution is 2.26. The highest BCUT2D eigenvalue weighted by molar-refractivity contribution is 7.92. The molecule has 0 aliphatic rings. The number of sulfonamides is 1. The normalized spacial score (nSPS) is 11.4. The lowest BCUT2D eigenvalue weighted by molar-refractivity contribution is 0.281. The molecule has 2 aromatic rings. The van der Waals surface area contributed by atoms with Crippen LogP contribution in [0.4, 0.5) is 5.69 Å². The first-order valence-electron chi connectivity index (χ1n) is 6.33. The molecule has 2 N–H and O–H groups in total. The predicted molar refractivity (Wildman–Crippen MR) is 84.1 cm³/mol. The molecule has 0 bridgehead atoms. The zero-order chi connectivity index (χ0) is 15.6. The third-order valence-corrected chi connectivity index (χ3v) is 4.94. The monoisotopic (exact) mass is 325 g/mol. The molecule has 0 aliphatic carbocycles. The van der Waals surface area contributed by atoms with Gasteiger partial charge in [0.05, 0.1) is 17.3 Å². The summed E-state index contributed by atoms with van der Waals surface area (Å²) < 4.78 is 27.4. The summed E-state index contributed by atoms with van der Waals surface area (Å²) in [5.74, 6) is 0. The molecule has 112 valence electrons. The van der Waals surface area contributed by atoms with E-state index in [1.807, 2.05) is 26.0 Å². The fourth-order valence-corrected chi connectivity index (χ4v) is 3.66. The van der Waals surface area contributed by atoms with E-state index in [1.165, 1.54) is 12.1 Å². The zero-order valence-corrected chi connectivity index (χ0v) is 13.3. The Kier molecular flexibility index (Phi) is 4.56. The number of hydrogen-bond donors (Lipinski definition) is 2. The van der Waals surface area contributed by atoms with Crippen molar-refractivity contribution in [3.05, 3.63) is 58.1 Å². The molecule has 6 heteroatoms. The van der Waals surface area contributed by atoms with Gasteiger partial charge in [0.25, 0.3) is 10.0 Å². The molecule has 0 aliphatic heterocycles. The first-order chi connectivity index (χ1) is 9.83. The van der Waals surface area contributed by atoms with Gasteiger partial charge >= 0.3 is 0 Å². The minimum atomic E-state index is -3.81. The van der Waals surface area contributed by atoms with Crippen LogP contribution in [0.1, 0.15) is 16.7 Å². The second-order valence-electron chi connectivity index (χ2n) is 4.85. The van der Waals surface area contributed by atoms with Gasteiger partial charge in [-0.2, -0.15) is 0 Å². The Bertz CT molecular complexity index is 772. The largest absolute Gasteiger partial charge is 0.392 e. The van der Waals surface area contributed by atoms with Crippen molar-refractivity contribution in [3.63, 3.8) is 0 Å². The molecule has 0 atom stereocenters. The summed E-state index contributed by atoms with van der Waals surface area (Å²) >= 11 is 5.97. The summed E-state index contributed by atoms with van der Waals surface area (Å²) in [5, 5.41) is 9.24. The van der Waals surface area contributed by atoms with E-state index in [1.54, 1.807) is 12.1 Å². The molecule has 0 radical (unpaired) electrons. The van der Waals surface area contributed by atoms with Crippen molar-refractivity contribution >= 4 is 27.3 Å². The van der Waals surface area contributed by atoms with Crippen LogP contribution >= 0.6 is 11.6 Å². The number of halogens is 1. The number of nitrogens with one attached hydrogen (secondary N) is 1. The highest BCUT2D eigenvalue weighted by Gasteiger charge is 2.19. The van der Waals surface area contributed by atoms with Crippen LogP contribution in [0.15, 0.2) is 41.3 Å². The van der Waals surface area contributed by atoms with Crippen LogP contribution in [0.25, 0.3) is 0 Å². The molecule has 2 aromatic carbocycles. The molecule has 0 saturated carbocycles. The Morgan fingerprint density at radius 2 is 1.86 bits per heavy atom. The van der Waals surface area contributed by atoms with Gasteiger partial charge in [0.15, 0.2) is 0 Å². The molecule has 0 unspecified atom stereocenters. The average molecular weight is 326 g/mol. The van der Waals surface area contributed by atoms with Crippen LogP contribution in [0.2, 0.25) is 5.02 Å². The number of hydrogen-bond acceptors (Lipinski definition) is 3. The van der Waals surface area contributed by atoms with Gasteiger partial charge < -0.3 is 5.11 Å². The number of anilines is 1. The molecule has 0 amide bonds. The maximum Gasteiger partial charge on any atom is 0.263 e. The van der Waals surface area contributed by atoms with Crippen molar-refractivity contribution in [1.82, 2.24) is 0 Å². The second-order valence-corrected chi connectivity index (χ2v) is 6.90. The summed E-state index contributed by atoms with van der Waals surface area (Å²) in [4.78, 5) is -0.0457. The van der Waals surface area contributed by atoms with Crippen LogP contribution in [0.3, 0.4) is 0 Å². The number of aliphatic hydroxyl groups is 1. The maximum absolute atomic E-state index is 12.5. The third kappa shape index (κ3) is 3.56. The van der Waals surface area contributed by atoms with Crippen molar-refractivity contribution in [3.8, 4) is 0 Å². The summed E-state index contributed by atoms with van der Waals surface area (Å²) in [7, 11) is -3.81. The van der Waals surface area contributed by atoms with Gasteiger partial charge in [0.1, 0.15) is 4.90 Å². The topological polar surface area (TPSA) is 66.4 Å². The van der Waals surface area contributed by atoms with Gasteiger partial charge in [0.2, 0.25) is 0 Å². The molecule has 4 nitrogen and oxygen atoms in total. The highest BCUT2D eigenvalue weighted by atomic mass is 35.5. The lowest BCUT2D eigenvalue weighted by Crippen LogP contribution is -2.14. The molecule has 0 heterocycles. The standard InChI is InChI=1S/C15H16ClNO3S/c1-10-3-6-14(11(2)7-10)17-21(19,20)15-8-12(9-18)4-5-13(15)16/h3-8,17-18H,9H2,1-2H3. The molecule has 2 rings (SSSR count). The lowest BCUT2D eigenvalue weighted by atomic mass is 10.1. The van der Waals surface area contributed by atoms with Crippen LogP contribution in [0.5, 0.6) is 0 Å². The van der Waals surface area contributed by atoms with Crippen molar-refractivity contribution in [2.45, 2.75) is 25.3 Å². The van der Waals surface area contributed by atoms with E-state index in [0.29, 0.717) is 11.3 Å². The van der Waals surface area contributed by atoms with Gasteiger partial charge in [-0.25, -0.2) is 8.42 Å². The molecule has 0 saturated heterocycles. The van der Waals surface area contributed by atoms with E-state index in [4.69, 9.17) is 16.7 Å². The van der Waals surface area contributed by atoms with Crippen molar-refractivity contribution in [2.24, 2.45) is 0 Å². The zero-order valence-electron chi connectivity index (χ0n) is 11.7. The van der Waals surface area contributed by atoms with E-state index in [-0.39, 0.29) is 16.5 Å². The predicted octanol–water partition coefficient (Wildman–Crippen LogP) is 3.25. The van der Waals surface area contributed by atoms with Gasteiger partial charge in [-0.3, -0.25) is 4.72 Å². The minimum Gasteiger partial charge on any atom is -0.392 e. The van der Waals surface area contributed by atoms with Gasteiger partial charge in [-0.05, 0) is 43.2 Å². The van der Waals surface area contributed by atoms with Crippen LogP contribution in [-0.2, 0) is 16.6 Å². The fraction of sp³-hybridized carbons (Fsp3) is 0.200. The van der Waals surface area contributed by atoms with Crippen LogP contribution in [0, 0.1) is 13.8 Å². The Morgan fingerprint density at radius 1 is 1.14 bits per heavy atom. The Hall–Kier alpha value is -1.56. The number of aryl methyl sites for hydroxylation is 2. The third-order valence-electron chi connectivity index (χ3n) is 3.09. The fourth-order valence-electron chi connectivity index (χ4n) is 1.98. The maximum atomic E-state index is 12.5. The van der Waals surface area contributed by atoms with E-state index in [2.05, 4.69) is 4.72 Å². The number of benzene rings is 2. The summed E-state index contributed by atoms with van der Waals surface area (Å²) in [5.41, 5.74) is 2.87. The average Bonchev–Trinajstić information content (AvgIpc) is 2.42. The van der Waals surface area contributed by atoms with E-state index in [0.717, 1.165) is 11.1 Å². The van der Waals surface area contributed by atoms with Crippen molar-refractivity contribution in [2.75, 3.05) is 4.72 Å². The number of aliphatic hydroxyl groups excluding tert-OH is 1. The Labute approximate surface area is 129 Å². The number of rotatable bonds is 4. The molecule has 0 aromatic heterocycles. The van der Waals surface area contributed by atoms with Crippen molar-refractivity contribution in [1.29, 1.82) is 0 Å². The molecule has 0 fully saturated rings. The van der Waals surface area contributed by atoms with Crippen molar-refractivity contribution < 1.29 is 13.5 Å². The van der Waals surface area contributed by atoms with Gasteiger partial charge in [0, 0.05) is 0 Å². The molecular formula is C15H16ClNO3S. The first-order valence-corrected chi connectivity index (χ1v) is 8.19. The van der Waals surface area contributed by atoms with Crippen LogP contribution < -0.4 is 4.72 Å². The summed E-state index contributed by atoms with van der Waals surface area (Å²) in [6.07, 6.45) is 0.